The van der Waals surface area contributed by atoms with E-state index in [2.05, 4.69) is 20.0 Å². The Balaban J connectivity index is 0.977. The number of nitrogens with one attached hydrogen (secondary N) is 1. The Bertz CT molecular complexity index is 1350. The second kappa shape index (κ2) is 11.0. The van der Waals surface area contributed by atoms with Crippen LogP contribution in [0.15, 0.2) is 30.3 Å². The van der Waals surface area contributed by atoms with Crippen molar-refractivity contribution in [3.8, 4) is 5.75 Å². The van der Waals surface area contributed by atoms with Crippen LogP contribution in [0.4, 0.5) is 17.1 Å². The van der Waals surface area contributed by atoms with Gasteiger partial charge in [0.15, 0.2) is 5.75 Å². The largest absolute Gasteiger partial charge is 0.490 e. The Morgan fingerprint density at radius 2 is 1.59 bits per heavy atom. The topological polar surface area (TPSA) is 108 Å². The molecule has 2 aromatic carbocycles. The van der Waals surface area contributed by atoms with Crippen molar-refractivity contribution in [2.75, 3.05) is 62.7 Å². The molecule has 0 aliphatic carbocycles. The SMILES string of the molecule is COc1cc(N2CCC3(CCN(CC4CCN(c5ccc6c(c5)C(=O)NC6=O)CC4)CC3)CC2)c(C)cc1[N+](=O)[O-]. The number of nitro groups is 1. The van der Waals surface area contributed by atoms with Crippen LogP contribution < -0.4 is 19.9 Å². The Labute approximate surface area is 240 Å². The molecule has 2 amide bonds. The zero-order valence-electron chi connectivity index (χ0n) is 24.0. The van der Waals surface area contributed by atoms with E-state index in [9.17, 15) is 19.7 Å². The van der Waals surface area contributed by atoms with E-state index in [1.165, 1.54) is 20.0 Å². The molecule has 2 aromatic rings. The first-order valence-corrected chi connectivity index (χ1v) is 14.8. The highest BCUT2D eigenvalue weighted by atomic mass is 16.6. The highest BCUT2D eigenvalue weighted by molar-refractivity contribution is 6.21. The number of hydrogen-bond donors (Lipinski definition) is 1. The number of likely N-dealkylation sites (tertiary alicyclic amines) is 1. The summed E-state index contributed by atoms with van der Waals surface area (Å²) in [6.07, 6.45) is 7.05. The second-order valence-electron chi connectivity index (χ2n) is 12.3. The fraction of sp³-hybridized carbons (Fsp3) is 0.548. The van der Waals surface area contributed by atoms with Gasteiger partial charge in [-0.15, -0.1) is 0 Å². The van der Waals surface area contributed by atoms with Gasteiger partial charge in [0, 0.05) is 56.2 Å². The van der Waals surface area contributed by atoms with E-state index < -0.39 is 0 Å². The number of ether oxygens (including phenoxy) is 1. The van der Waals surface area contributed by atoms with Gasteiger partial charge in [0.25, 0.3) is 11.8 Å². The normalized spacial score (nSPS) is 21.2. The summed E-state index contributed by atoms with van der Waals surface area (Å²) in [6.45, 7) is 9.29. The van der Waals surface area contributed by atoms with Crippen LogP contribution in [-0.4, -0.2) is 74.6 Å². The molecule has 0 radical (unpaired) electrons. The van der Waals surface area contributed by atoms with Gasteiger partial charge in [-0.3, -0.25) is 25.0 Å². The molecule has 4 heterocycles. The molecule has 0 aromatic heterocycles. The lowest BCUT2D eigenvalue weighted by atomic mass is 9.71. The number of imide groups is 1. The lowest BCUT2D eigenvalue weighted by molar-refractivity contribution is -0.385. The second-order valence-corrected chi connectivity index (χ2v) is 12.3. The first-order chi connectivity index (χ1) is 19.7. The molecule has 10 heteroatoms. The number of rotatable bonds is 6. The van der Waals surface area contributed by atoms with Crippen LogP contribution in [0.3, 0.4) is 0 Å². The maximum atomic E-state index is 12.1. The summed E-state index contributed by atoms with van der Waals surface area (Å²) < 4.78 is 5.33. The van der Waals surface area contributed by atoms with Gasteiger partial charge in [0.05, 0.1) is 23.2 Å². The molecule has 0 unspecified atom stereocenters. The first kappa shape index (κ1) is 27.5. The Hall–Kier alpha value is -3.66. The minimum Gasteiger partial charge on any atom is -0.490 e. The number of nitro benzene ring substituents is 1. The molecule has 3 saturated heterocycles. The van der Waals surface area contributed by atoms with Crippen LogP contribution in [0.1, 0.15) is 64.8 Å². The molecule has 218 valence electrons. The number of benzene rings is 2. The molecule has 1 N–H and O–H groups in total. The van der Waals surface area contributed by atoms with E-state index >= 15 is 0 Å². The number of carbonyl (C=O) groups excluding carboxylic acids is 2. The predicted molar refractivity (Wildman–Crippen MR) is 157 cm³/mol. The van der Waals surface area contributed by atoms with Crippen LogP contribution in [0.2, 0.25) is 0 Å². The summed E-state index contributed by atoms with van der Waals surface area (Å²) in [5.41, 5.74) is 4.38. The average molecular weight is 562 g/mol. The Kier molecular flexibility index (Phi) is 7.36. The number of methoxy groups -OCH3 is 1. The van der Waals surface area contributed by atoms with Crippen LogP contribution >= 0.6 is 0 Å². The number of aryl methyl sites for hydroxylation is 1. The van der Waals surface area contributed by atoms with E-state index in [-0.39, 0.29) is 22.4 Å². The van der Waals surface area contributed by atoms with Gasteiger partial charge < -0.3 is 19.4 Å². The smallest absolute Gasteiger partial charge is 0.311 e. The third-order valence-electron chi connectivity index (χ3n) is 9.99. The van der Waals surface area contributed by atoms with E-state index in [4.69, 9.17) is 4.74 Å². The van der Waals surface area contributed by atoms with Crippen LogP contribution in [0, 0.1) is 28.4 Å². The van der Waals surface area contributed by atoms with Crippen molar-refractivity contribution in [1.29, 1.82) is 0 Å². The maximum absolute atomic E-state index is 12.1. The molecule has 0 atom stereocenters. The summed E-state index contributed by atoms with van der Waals surface area (Å²) >= 11 is 0. The van der Waals surface area contributed by atoms with Gasteiger partial charge >= 0.3 is 5.69 Å². The molecular weight excluding hydrogens is 522 g/mol. The molecule has 6 rings (SSSR count). The van der Waals surface area contributed by atoms with Crippen molar-refractivity contribution in [2.45, 2.75) is 45.4 Å². The van der Waals surface area contributed by atoms with Gasteiger partial charge in [-0.1, -0.05) is 0 Å². The molecule has 10 nitrogen and oxygen atoms in total. The van der Waals surface area contributed by atoms with E-state index in [1.54, 1.807) is 12.1 Å². The number of hydrogen-bond acceptors (Lipinski definition) is 8. The van der Waals surface area contributed by atoms with E-state index in [0.29, 0.717) is 28.2 Å². The Morgan fingerprint density at radius 3 is 2.24 bits per heavy atom. The number of amides is 2. The monoisotopic (exact) mass is 561 g/mol. The average Bonchev–Trinajstić information content (AvgIpc) is 3.27. The quantitative estimate of drug-likeness (QED) is 0.314. The molecule has 3 fully saturated rings. The summed E-state index contributed by atoms with van der Waals surface area (Å²) in [5, 5.41) is 13.8. The van der Waals surface area contributed by atoms with Crippen molar-refractivity contribution in [1.82, 2.24) is 10.2 Å². The molecule has 0 bridgehead atoms. The first-order valence-electron chi connectivity index (χ1n) is 14.8. The molecule has 41 heavy (non-hydrogen) atoms. The maximum Gasteiger partial charge on any atom is 0.311 e. The number of fused-ring (bicyclic) bond motifs is 1. The standard InChI is InChI=1S/C31H39N5O5/c1-21-17-27(36(39)40)28(41-2)19-26(21)35-15-9-31(10-16-35)7-13-33(14-8-31)20-22-5-11-34(12-6-22)23-3-4-24-25(18-23)30(38)32-29(24)37/h3-4,17-19,22H,5-16,20H2,1-2H3,(H,32,37,38). The highest BCUT2D eigenvalue weighted by Gasteiger charge is 2.38. The molecule has 4 aliphatic heterocycles. The molecule has 1 spiro atoms. The number of nitrogens with zero attached hydrogens (tertiary/aromatic N) is 4. The number of anilines is 2. The van der Waals surface area contributed by atoms with Crippen LogP contribution in [0.5, 0.6) is 5.75 Å². The third kappa shape index (κ3) is 5.37. The summed E-state index contributed by atoms with van der Waals surface area (Å²) in [4.78, 5) is 42.3. The lowest BCUT2D eigenvalue weighted by Crippen LogP contribution is -2.48. The van der Waals surface area contributed by atoms with Crippen molar-refractivity contribution in [2.24, 2.45) is 11.3 Å². The van der Waals surface area contributed by atoms with Gasteiger partial charge in [0.2, 0.25) is 0 Å². The van der Waals surface area contributed by atoms with Crippen molar-refractivity contribution in [3.05, 3.63) is 57.1 Å². The summed E-state index contributed by atoms with van der Waals surface area (Å²) in [7, 11) is 1.49. The predicted octanol–water partition coefficient (Wildman–Crippen LogP) is 4.39. The number of piperidine rings is 3. The lowest BCUT2D eigenvalue weighted by Gasteiger charge is -2.48. The summed E-state index contributed by atoms with van der Waals surface area (Å²) in [5.74, 6) is 0.411. The van der Waals surface area contributed by atoms with E-state index in [1.807, 2.05) is 25.1 Å². The van der Waals surface area contributed by atoms with Gasteiger partial charge in [-0.2, -0.15) is 0 Å². The zero-order valence-corrected chi connectivity index (χ0v) is 24.0. The third-order valence-corrected chi connectivity index (χ3v) is 9.99. The van der Waals surface area contributed by atoms with E-state index in [0.717, 1.165) is 88.4 Å². The molecular formula is C31H39N5O5. The van der Waals surface area contributed by atoms with Gasteiger partial charge in [-0.25, -0.2) is 0 Å². The fourth-order valence-corrected chi connectivity index (χ4v) is 7.33. The van der Waals surface area contributed by atoms with Gasteiger partial charge in [0.1, 0.15) is 0 Å². The number of carbonyl (C=O) groups is 2. The van der Waals surface area contributed by atoms with Crippen molar-refractivity contribution < 1.29 is 19.2 Å². The van der Waals surface area contributed by atoms with Gasteiger partial charge in [-0.05, 0) is 93.6 Å². The van der Waals surface area contributed by atoms with Crippen molar-refractivity contribution >= 4 is 28.9 Å². The minimum atomic E-state index is -0.378. The molecule has 4 aliphatic rings. The fourth-order valence-electron chi connectivity index (χ4n) is 7.33. The van der Waals surface area contributed by atoms with Crippen LogP contribution in [-0.2, 0) is 0 Å². The summed E-state index contributed by atoms with van der Waals surface area (Å²) in [6, 6.07) is 9.07. The zero-order chi connectivity index (χ0) is 28.7. The Morgan fingerprint density at radius 1 is 0.927 bits per heavy atom. The van der Waals surface area contributed by atoms with Crippen molar-refractivity contribution in [3.63, 3.8) is 0 Å². The highest BCUT2D eigenvalue weighted by Crippen LogP contribution is 2.44. The van der Waals surface area contributed by atoms with Crippen LogP contribution in [0.25, 0.3) is 0 Å². The molecule has 0 saturated carbocycles. The minimum absolute atomic E-state index is 0.0234.